The van der Waals surface area contributed by atoms with Crippen LogP contribution in [0.5, 0.6) is 0 Å². The van der Waals surface area contributed by atoms with Crippen molar-refractivity contribution in [3.8, 4) is 0 Å². The molecule has 0 atom stereocenters. The molecule has 0 radical (unpaired) electrons. The molecule has 0 saturated heterocycles. The highest BCUT2D eigenvalue weighted by Crippen LogP contribution is 2.06. The molecule has 0 aliphatic carbocycles. The van der Waals surface area contributed by atoms with Crippen LogP contribution in [0, 0.1) is 0 Å². The standard InChI is InChI=1S/C9H8N2O4S/c12-16(13,14)15-7-11-6-5-8-3-1-2-4-9(8)10-11/h1-6H,7H2/p+1. The van der Waals surface area contributed by atoms with Crippen molar-refractivity contribution in [2.75, 3.05) is 0 Å². The predicted octanol–water partition coefficient (Wildman–Crippen LogP) is 0.299. The Hall–Kier alpha value is -1.57. The summed E-state index contributed by atoms with van der Waals surface area (Å²) >= 11 is 0. The summed E-state index contributed by atoms with van der Waals surface area (Å²) in [5.74, 6) is 0. The molecule has 1 aromatic carbocycles. The van der Waals surface area contributed by atoms with Gasteiger partial charge in [0.1, 0.15) is 5.52 Å². The van der Waals surface area contributed by atoms with Gasteiger partial charge in [0.15, 0.2) is 6.20 Å². The van der Waals surface area contributed by atoms with Gasteiger partial charge in [0.05, 0.1) is 0 Å². The van der Waals surface area contributed by atoms with Crippen LogP contribution < -0.4 is 4.68 Å². The number of aromatic nitrogens is 2. The molecule has 1 N–H and O–H groups in total. The zero-order chi connectivity index (χ0) is 11.6. The van der Waals surface area contributed by atoms with Crippen molar-refractivity contribution >= 4 is 21.3 Å². The van der Waals surface area contributed by atoms with E-state index in [2.05, 4.69) is 9.28 Å². The van der Waals surface area contributed by atoms with Crippen LogP contribution in [0.15, 0.2) is 36.5 Å². The molecule has 0 fully saturated rings. The zero-order valence-corrected chi connectivity index (χ0v) is 8.96. The van der Waals surface area contributed by atoms with E-state index in [1.165, 1.54) is 4.68 Å². The van der Waals surface area contributed by atoms with Gasteiger partial charge in [0.25, 0.3) is 6.73 Å². The van der Waals surface area contributed by atoms with Gasteiger partial charge in [-0.15, -0.1) is 0 Å². The number of fused-ring (bicyclic) bond motifs is 1. The summed E-state index contributed by atoms with van der Waals surface area (Å²) in [7, 11) is -4.44. The third-order valence-electron chi connectivity index (χ3n) is 1.93. The van der Waals surface area contributed by atoms with Gasteiger partial charge >= 0.3 is 10.4 Å². The lowest BCUT2D eigenvalue weighted by Gasteiger charge is -1.96. The molecule has 0 bridgehead atoms. The van der Waals surface area contributed by atoms with Crippen LogP contribution in [0.2, 0.25) is 0 Å². The highest BCUT2D eigenvalue weighted by atomic mass is 32.3. The van der Waals surface area contributed by atoms with Crippen molar-refractivity contribution in [2.24, 2.45) is 0 Å². The van der Waals surface area contributed by atoms with Crippen molar-refractivity contribution in [1.29, 1.82) is 0 Å². The monoisotopic (exact) mass is 241 g/mol. The Bertz CT molecular complexity index is 612. The minimum absolute atomic E-state index is 0.357. The minimum Gasteiger partial charge on any atom is -0.263 e. The van der Waals surface area contributed by atoms with Crippen LogP contribution >= 0.6 is 0 Å². The lowest BCUT2D eigenvalue weighted by molar-refractivity contribution is -0.776. The van der Waals surface area contributed by atoms with Gasteiger partial charge in [-0.3, -0.25) is 4.55 Å². The second-order valence-electron chi connectivity index (χ2n) is 3.09. The van der Waals surface area contributed by atoms with Crippen LogP contribution in [0.3, 0.4) is 0 Å². The van der Waals surface area contributed by atoms with Crippen molar-refractivity contribution < 1.29 is 21.8 Å². The SMILES string of the molecule is O=S(=O)(O)OC[n+]1ccc2ccccc2n1. The molecule has 1 heterocycles. The van der Waals surface area contributed by atoms with E-state index in [-0.39, 0.29) is 6.73 Å². The van der Waals surface area contributed by atoms with Crippen molar-refractivity contribution in [3.63, 3.8) is 0 Å². The van der Waals surface area contributed by atoms with Gasteiger partial charge in [-0.1, -0.05) is 22.9 Å². The van der Waals surface area contributed by atoms with Crippen molar-refractivity contribution in [1.82, 2.24) is 5.10 Å². The fraction of sp³-hybridized carbons (Fsp3) is 0.111. The molecule has 6 nitrogen and oxygen atoms in total. The van der Waals surface area contributed by atoms with Gasteiger partial charge in [-0.25, -0.2) is 0 Å². The first-order valence-corrected chi connectivity index (χ1v) is 5.78. The quantitative estimate of drug-likeness (QED) is 0.617. The second-order valence-corrected chi connectivity index (χ2v) is 4.18. The van der Waals surface area contributed by atoms with Crippen LogP contribution in [0.25, 0.3) is 10.9 Å². The summed E-state index contributed by atoms with van der Waals surface area (Å²) in [5, 5.41) is 5.03. The molecule has 2 rings (SSSR count). The summed E-state index contributed by atoms with van der Waals surface area (Å²) in [4.78, 5) is 0. The van der Waals surface area contributed by atoms with Crippen molar-refractivity contribution in [2.45, 2.75) is 6.73 Å². The molecule has 0 unspecified atom stereocenters. The molecular formula is C9H9N2O4S+. The maximum Gasteiger partial charge on any atom is 0.402 e. The molecule has 16 heavy (non-hydrogen) atoms. The molecule has 2 aromatic rings. The van der Waals surface area contributed by atoms with E-state index in [4.69, 9.17) is 4.55 Å². The average molecular weight is 241 g/mol. The third-order valence-corrected chi connectivity index (χ3v) is 2.34. The summed E-state index contributed by atoms with van der Waals surface area (Å²) in [6, 6.07) is 9.15. The zero-order valence-electron chi connectivity index (χ0n) is 8.15. The Morgan fingerprint density at radius 1 is 1.31 bits per heavy atom. The van der Waals surface area contributed by atoms with E-state index in [0.29, 0.717) is 5.52 Å². The van der Waals surface area contributed by atoms with E-state index in [1.807, 2.05) is 18.2 Å². The van der Waals surface area contributed by atoms with Gasteiger partial charge in [-0.05, 0) is 6.07 Å². The van der Waals surface area contributed by atoms with E-state index < -0.39 is 10.4 Å². The van der Waals surface area contributed by atoms with Gasteiger partial charge in [-0.2, -0.15) is 12.6 Å². The number of hydrogen-bond donors (Lipinski definition) is 1. The Balaban J connectivity index is 2.26. The number of benzene rings is 1. The molecule has 0 saturated carbocycles. The van der Waals surface area contributed by atoms with Crippen LogP contribution in [0.1, 0.15) is 0 Å². The van der Waals surface area contributed by atoms with Crippen LogP contribution in [-0.4, -0.2) is 18.1 Å². The molecule has 0 spiro atoms. The first kappa shape index (κ1) is 10.9. The van der Waals surface area contributed by atoms with Gasteiger partial charge < -0.3 is 0 Å². The Labute approximate surface area is 92.0 Å². The maximum absolute atomic E-state index is 10.4. The Morgan fingerprint density at radius 3 is 2.81 bits per heavy atom. The summed E-state index contributed by atoms with van der Waals surface area (Å²) in [6.45, 7) is -0.357. The Kier molecular flexibility index (Phi) is 2.82. The summed E-state index contributed by atoms with van der Waals surface area (Å²) < 4.78 is 34.6. The fourth-order valence-electron chi connectivity index (χ4n) is 1.25. The lowest BCUT2D eigenvalue weighted by atomic mass is 10.2. The number of rotatable bonds is 3. The van der Waals surface area contributed by atoms with Crippen LogP contribution in [0.4, 0.5) is 0 Å². The number of nitrogens with zero attached hydrogens (tertiary/aromatic N) is 2. The number of hydrogen-bond acceptors (Lipinski definition) is 4. The summed E-state index contributed by atoms with van der Waals surface area (Å²) in [5.41, 5.74) is 0.712. The predicted molar refractivity (Wildman–Crippen MR) is 54.6 cm³/mol. The fourth-order valence-corrected chi connectivity index (χ4v) is 1.49. The van der Waals surface area contributed by atoms with Gasteiger partial charge in [0.2, 0.25) is 0 Å². The lowest BCUT2D eigenvalue weighted by Crippen LogP contribution is -2.39. The van der Waals surface area contributed by atoms with Crippen LogP contribution in [-0.2, 0) is 21.3 Å². The third kappa shape index (κ3) is 2.72. The van der Waals surface area contributed by atoms with E-state index >= 15 is 0 Å². The molecule has 0 aliphatic heterocycles. The normalized spacial score (nSPS) is 11.8. The second kappa shape index (κ2) is 4.12. The highest BCUT2D eigenvalue weighted by molar-refractivity contribution is 7.80. The van der Waals surface area contributed by atoms with E-state index in [0.717, 1.165) is 5.39 Å². The van der Waals surface area contributed by atoms with E-state index in [1.54, 1.807) is 18.3 Å². The largest absolute Gasteiger partial charge is 0.402 e. The molecule has 0 amide bonds. The molecular weight excluding hydrogens is 232 g/mol. The minimum atomic E-state index is -4.44. The first-order valence-electron chi connectivity index (χ1n) is 4.42. The topological polar surface area (TPSA) is 80.4 Å². The van der Waals surface area contributed by atoms with Crippen molar-refractivity contribution in [3.05, 3.63) is 36.5 Å². The smallest absolute Gasteiger partial charge is 0.263 e. The Morgan fingerprint density at radius 2 is 2.06 bits per heavy atom. The molecule has 0 aliphatic rings. The maximum atomic E-state index is 10.4. The molecule has 1 aromatic heterocycles. The van der Waals surface area contributed by atoms with Gasteiger partial charge in [0, 0.05) is 16.6 Å². The summed E-state index contributed by atoms with van der Waals surface area (Å²) in [6.07, 6.45) is 1.56. The average Bonchev–Trinajstić information content (AvgIpc) is 2.25. The van der Waals surface area contributed by atoms with E-state index in [9.17, 15) is 8.42 Å². The first-order chi connectivity index (χ1) is 7.54. The highest BCUT2D eigenvalue weighted by Gasteiger charge is 2.11. The molecule has 7 heteroatoms. The molecule has 84 valence electrons.